The van der Waals surface area contributed by atoms with E-state index in [9.17, 15) is 12.9 Å². The number of nitrogens with zero attached hydrogens (tertiary/aromatic N) is 4. The van der Waals surface area contributed by atoms with Gasteiger partial charge in [0.15, 0.2) is 11.0 Å². The van der Waals surface area contributed by atoms with Crippen LogP contribution in [0.5, 0.6) is 0 Å². The number of imidazole rings is 1. The molecule has 0 atom stereocenters. The summed E-state index contributed by atoms with van der Waals surface area (Å²) in [4.78, 5) is 4.64. The fourth-order valence-electron chi connectivity index (χ4n) is 6.88. The molecule has 0 radical (unpaired) electrons. The molecule has 1 aliphatic carbocycles. The molecule has 4 nitrogen and oxygen atoms in total. The monoisotopic (exact) mass is 619 g/mol. The van der Waals surface area contributed by atoms with Crippen molar-refractivity contribution in [1.82, 2.24) is 4.57 Å². The second-order valence-corrected chi connectivity index (χ2v) is 12.1. The molecule has 0 spiro atoms. The Bertz CT molecular complexity index is 1960. The third-order valence-corrected chi connectivity index (χ3v) is 9.48. The minimum absolute atomic E-state index is 1.12. The normalized spacial score (nSPS) is 16.1. The summed E-state index contributed by atoms with van der Waals surface area (Å²) in [6, 6.07) is 26.5. The van der Waals surface area contributed by atoms with Crippen molar-refractivity contribution >= 4 is 57.6 Å². The van der Waals surface area contributed by atoms with Crippen LogP contribution in [0.15, 0.2) is 114 Å². The van der Waals surface area contributed by atoms with E-state index in [0.29, 0.717) is 0 Å². The minimum atomic E-state index is -3.67. The molecular weight excluding hydrogens is 580 g/mol. The molecule has 5 aromatic rings. The molecule has 0 amide bonds. The summed E-state index contributed by atoms with van der Waals surface area (Å²) in [7, 11) is 5.05. The summed E-state index contributed by atoms with van der Waals surface area (Å²) in [5.74, 6) is 2.41. The molecule has 2 heterocycles. The first-order valence-corrected chi connectivity index (χ1v) is 15.7. The van der Waals surface area contributed by atoms with Crippen LogP contribution >= 0.6 is 0 Å². The van der Waals surface area contributed by atoms with E-state index < -0.39 is 7.54 Å². The van der Waals surface area contributed by atoms with Crippen LogP contribution in [-0.2, 0) is 14.1 Å². The van der Waals surface area contributed by atoms with Crippen molar-refractivity contribution in [1.29, 1.82) is 0 Å². The van der Waals surface area contributed by atoms with E-state index in [0.717, 1.165) is 12.8 Å². The Hall–Kier alpha value is -4.72. The smallest absolute Gasteiger partial charge is 0.329 e. The summed E-state index contributed by atoms with van der Waals surface area (Å²) in [5, 5.41) is 5.12. The lowest BCUT2D eigenvalue weighted by atomic mass is 9.99. The Kier molecular flexibility index (Phi) is 8.81. The van der Waals surface area contributed by atoms with E-state index in [1.807, 2.05) is 0 Å². The Morgan fingerprint density at radius 2 is 1.24 bits per heavy atom. The summed E-state index contributed by atoms with van der Waals surface area (Å²) in [6.45, 7) is 2.31. The van der Waals surface area contributed by atoms with E-state index >= 15 is 0 Å². The average molecular weight is 620 g/mol. The number of rotatable bonds is 3. The van der Waals surface area contributed by atoms with Crippen LogP contribution in [0.25, 0.3) is 38.7 Å². The van der Waals surface area contributed by atoms with Crippen molar-refractivity contribution in [2.24, 2.45) is 14.1 Å². The maximum Gasteiger partial charge on any atom is 0.762 e. The predicted molar refractivity (Wildman–Crippen MR) is 188 cm³/mol. The van der Waals surface area contributed by atoms with E-state index in [1.54, 1.807) is 0 Å². The third-order valence-electron chi connectivity index (χ3n) is 9.48. The zero-order valence-corrected chi connectivity index (χ0v) is 27.1. The van der Waals surface area contributed by atoms with Crippen molar-refractivity contribution in [3.8, 4) is 0 Å². The number of benzene rings is 4. The quantitative estimate of drug-likeness (QED) is 0.148. The second kappa shape index (κ2) is 13.0. The van der Waals surface area contributed by atoms with Crippen molar-refractivity contribution in [2.75, 3.05) is 23.9 Å². The lowest BCUT2D eigenvalue weighted by molar-refractivity contribution is -0.647. The highest BCUT2D eigenvalue weighted by Gasteiger charge is 2.26. The molecule has 1 aliphatic heterocycles. The highest BCUT2D eigenvalue weighted by molar-refractivity contribution is 6.33. The molecule has 0 unspecified atom stereocenters. The molecule has 46 heavy (non-hydrogen) atoms. The Labute approximate surface area is 269 Å². The van der Waals surface area contributed by atoms with Gasteiger partial charge in [-0.1, -0.05) is 60.7 Å². The molecule has 1 aromatic heterocycles. The van der Waals surface area contributed by atoms with Gasteiger partial charge in [-0.2, -0.15) is 0 Å². The topological polar surface area (TPSA) is 15.3 Å². The maximum atomic E-state index is 9.67. The molecule has 4 aromatic carbocycles. The summed E-state index contributed by atoms with van der Waals surface area (Å²) < 4.78 is 33.6. The summed E-state index contributed by atoms with van der Waals surface area (Å²) in [5.41, 5.74) is 9.33. The van der Waals surface area contributed by atoms with Crippen molar-refractivity contribution in [2.45, 2.75) is 32.6 Å². The van der Waals surface area contributed by atoms with Gasteiger partial charge in [0, 0.05) is 20.2 Å². The number of aryl methyl sites for hydroxylation is 2. The number of anilines is 2. The number of allylic oxidation sites excluding steroid dienone is 6. The lowest BCUT2D eigenvalue weighted by Crippen LogP contribution is -2.30. The van der Waals surface area contributed by atoms with Crippen molar-refractivity contribution in [3.63, 3.8) is 0 Å². The molecule has 7 rings (SSSR count). The van der Waals surface area contributed by atoms with Crippen LogP contribution in [0.2, 0.25) is 0 Å². The van der Waals surface area contributed by atoms with Gasteiger partial charge >= 0.3 is 7.54 Å². The highest BCUT2D eigenvalue weighted by atomic mass is 19.4. The minimum Gasteiger partial charge on any atom is -0.329 e. The van der Waals surface area contributed by atoms with E-state index in [1.165, 1.54) is 85.2 Å². The van der Waals surface area contributed by atoms with Crippen LogP contribution in [0.3, 0.4) is 0 Å². The van der Waals surface area contributed by atoms with Crippen molar-refractivity contribution < 1.29 is 17.5 Å². The molecule has 0 fully saturated rings. The molecular formula is C38H39BF3N4+. The zero-order chi connectivity index (χ0) is 32.5. The molecule has 0 saturated heterocycles. The van der Waals surface area contributed by atoms with Gasteiger partial charge < -0.3 is 9.80 Å². The zero-order valence-electron chi connectivity index (χ0n) is 27.1. The lowest BCUT2D eigenvalue weighted by Gasteiger charge is -2.18. The first-order valence-electron chi connectivity index (χ1n) is 15.7. The molecule has 0 bridgehead atoms. The van der Waals surface area contributed by atoms with Gasteiger partial charge in [0.2, 0.25) is 0 Å². The van der Waals surface area contributed by atoms with Crippen LogP contribution in [0.4, 0.5) is 24.3 Å². The Morgan fingerprint density at radius 1 is 0.717 bits per heavy atom. The van der Waals surface area contributed by atoms with Gasteiger partial charge in [0.25, 0.3) is 5.82 Å². The number of hydrogen-bond acceptors (Lipinski definition) is 2. The Morgan fingerprint density at radius 3 is 1.83 bits per heavy atom. The summed E-state index contributed by atoms with van der Waals surface area (Å²) >= 11 is 0. The van der Waals surface area contributed by atoms with E-state index in [2.05, 4.69) is 151 Å². The van der Waals surface area contributed by atoms with E-state index in [4.69, 9.17) is 0 Å². The highest BCUT2D eigenvalue weighted by Crippen LogP contribution is 2.42. The number of fused-ring (bicyclic) bond motifs is 4. The second-order valence-electron chi connectivity index (χ2n) is 12.1. The van der Waals surface area contributed by atoms with Gasteiger partial charge in [-0.05, 0) is 101 Å². The fraction of sp³-hybridized carbons (Fsp3) is 0.237. The largest absolute Gasteiger partial charge is 0.762 e. The van der Waals surface area contributed by atoms with Gasteiger partial charge in [-0.3, -0.25) is 12.9 Å². The number of halogens is 3. The van der Waals surface area contributed by atoms with Crippen molar-refractivity contribution in [3.05, 3.63) is 119 Å². The SMILES string of the molecule is CC1=C(C=Cc2n(C)c3cc4ccccc4cc3[n+]2C)CCCCC1=CC=C1N(C)c2cc3ccccc3cc2N1C.FB(F)F. The molecule has 8 heteroatoms. The van der Waals surface area contributed by atoms with Gasteiger partial charge in [0.05, 0.1) is 25.5 Å². The van der Waals surface area contributed by atoms with Crippen LogP contribution in [0, 0.1) is 0 Å². The summed E-state index contributed by atoms with van der Waals surface area (Å²) in [6.07, 6.45) is 14.0. The fourth-order valence-corrected chi connectivity index (χ4v) is 6.88. The van der Waals surface area contributed by atoms with Gasteiger partial charge in [-0.25, -0.2) is 9.13 Å². The molecule has 2 aliphatic rings. The van der Waals surface area contributed by atoms with Crippen LogP contribution in [0.1, 0.15) is 38.4 Å². The number of hydrogen-bond donors (Lipinski definition) is 0. The molecule has 234 valence electrons. The predicted octanol–water partition coefficient (Wildman–Crippen LogP) is 9.45. The first kappa shape index (κ1) is 31.3. The molecule has 0 saturated carbocycles. The van der Waals surface area contributed by atoms with E-state index in [-0.39, 0.29) is 0 Å². The molecule has 0 N–H and O–H groups in total. The van der Waals surface area contributed by atoms with Crippen LogP contribution < -0.4 is 14.4 Å². The van der Waals surface area contributed by atoms with Gasteiger partial charge in [-0.15, -0.1) is 0 Å². The average Bonchev–Trinajstić information content (AvgIpc) is 3.31. The van der Waals surface area contributed by atoms with Gasteiger partial charge in [0.1, 0.15) is 5.82 Å². The standard InChI is InChI=1S/C38H39N4.BF3/c1-26-27(18-20-37-39(2)33-22-29-14-8-9-15-30(29)23-34(33)40(37)3)12-6-7-13-28(26)19-21-38-41(4)35-24-31-16-10-11-17-32(31)25-36(35)42(38)5;2-1(3)4/h8-11,14-25H,6-7,12-13H2,1-5H3;/q+1;. The number of aromatic nitrogens is 2. The third kappa shape index (κ3) is 5.96. The first-order chi connectivity index (χ1) is 22.1. The maximum absolute atomic E-state index is 9.67. The Balaban J connectivity index is 0.000000879. The van der Waals surface area contributed by atoms with Crippen LogP contribution in [-0.4, -0.2) is 26.2 Å².